The first-order valence-corrected chi connectivity index (χ1v) is 12.5. The van der Waals surface area contributed by atoms with Crippen LogP contribution in [0, 0.1) is 11.7 Å². The SMILES string of the molecule is CCOc1ccc(NS(=O)(=O)c2ccc3c(c2)[C@H]2C=CC[C@H]2[C@@H](c2ccc(F)cc2)N3)cc1. The highest BCUT2D eigenvalue weighted by Gasteiger charge is 2.38. The molecule has 0 aromatic heterocycles. The van der Waals surface area contributed by atoms with Crippen LogP contribution in [0.1, 0.15) is 36.4 Å². The van der Waals surface area contributed by atoms with Crippen molar-refractivity contribution in [2.24, 2.45) is 5.92 Å². The van der Waals surface area contributed by atoms with E-state index in [0.29, 0.717) is 18.0 Å². The number of allylic oxidation sites excluding steroid dienone is 2. The first kappa shape index (κ1) is 21.5. The summed E-state index contributed by atoms with van der Waals surface area (Å²) in [6.45, 7) is 2.44. The van der Waals surface area contributed by atoms with Gasteiger partial charge in [-0.1, -0.05) is 24.3 Å². The Morgan fingerprint density at radius 1 is 1.06 bits per heavy atom. The number of fused-ring (bicyclic) bond motifs is 3. The molecule has 1 aliphatic heterocycles. The average Bonchev–Trinajstić information content (AvgIpc) is 3.30. The Labute approximate surface area is 193 Å². The molecule has 1 heterocycles. The third-order valence-corrected chi connectivity index (χ3v) is 7.67. The van der Waals surface area contributed by atoms with E-state index in [1.54, 1.807) is 36.4 Å². The lowest BCUT2D eigenvalue weighted by Gasteiger charge is -2.37. The molecule has 0 saturated heterocycles. The van der Waals surface area contributed by atoms with E-state index in [2.05, 4.69) is 22.2 Å². The molecule has 1 aliphatic carbocycles. The molecule has 0 bridgehead atoms. The summed E-state index contributed by atoms with van der Waals surface area (Å²) in [7, 11) is -3.76. The van der Waals surface area contributed by atoms with E-state index in [4.69, 9.17) is 4.74 Å². The lowest BCUT2D eigenvalue weighted by molar-refractivity contribution is 0.340. The smallest absolute Gasteiger partial charge is 0.261 e. The summed E-state index contributed by atoms with van der Waals surface area (Å²) in [5.41, 5.74) is 3.36. The molecular formula is C26H25FN2O3S. The van der Waals surface area contributed by atoms with Crippen LogP contribution in [0.3, 0.4) is 0 Å². The van der Waals surface area contributed by atoms with Crippen molar-refractivity contribution in [3.05, 3.63) is 95.8 Å². The van der Waals surface area contributed by atoms with E-state index < -0.39 is 10.0 Å². The average molecular weight is 465 g/mol. The molecule has 170 valence electrons. The minimum atomic E-state index is -3.76. The summed E-state index contributed by atoms with van der Waals surface area (Å²) in [5.74, 6) is 0.762. The molecule has 0 spiro atoms. The van der Waals surface area contributed by atoms with Crippen molar-refractivity contribution >= 4 is 21.4 Å². The van der Waals surface area contributed by atoms with Gasteiger partial charge < -0.3 is 10.1 Å². The number of anilines is 2. The van der Waals surface area contributed by atoms with E-state index in [-0.39, 0.29) is 28.6 Å². The van der Waals surface area contributed by atoms with Crippen molar-refractivity contribution in [3.63, 3.8) is 0 Å². The van der Waals surface area contributed by atoms with E-state index in [0.717, 1.165) is 23.2 Å². The van der Waals surface area contributed by atoms with E-state index in [1.165, 1.54) is 12.1 Å². The van der Waals surface area contributed by atoms with Crippen LogP contribution in [0.4, 0.5) is 15.8 Å². The van der Waals surface area contributed by atoms with Gasteiger partial charge in [0.05, 0.1) is 17.5 Å². The third-order valence-electron chi connectivity index (χ3n) is 6.29. The zero-order valence-corrected chi connectivity index (χ0v) is 19.0. The highest BCUT2D eigenvalue weighted by atomic mass is 32.2. The van der Waals surface area contributed by atoms with Gasteiger partial charge >= 0.3 is 0 Å². The lowest BCUT2D eigenvalue weighted by Crippen LogP contribution is -2.29. The zero-order valence-electron chi connectivity index (χ0n) is 18.2. The van der Waals surface area contributed by atoms with Crippen molar-refractivity contribution < 1.29 is 17.5 Å². The fourth-order valence-electron chi connectivity index (χ4n) is 4.74. The highest BCUT2D eigenvalue weighted by Crippen LogP contribution is 2.50. The van der Waals surface area contributed by atoms with Gasteiger partial charge in [0.15, 0.2) is 0 Å². The maximum absolute atomic E-state index is 13.4. The molecule has 0 amide bonds. The van der Waals surface area contributed by atoms with Crippen molar-refractivity contribution in [1.82, 2.24) is 0 Å². The number of hydrogen-bond acceptors (Lipinski definition) is 4. The monoisotopic (exact) mass is 464 g/mol. The van der Waals surface area contributed by atoms with Crippen LogP contribution in [0.2, 0.25) is 0 Å². The molecule has 0 fully saturated rings. The minimum absolute atomic E-state index is 0.0301. The molecule has 5 rings (SSSR count). The minimum Gasteiger partial charge on any atom is -0.494 e. The van der Waals surface area contributed by atoms with Crippen LogP contribution in [-0.2, 0) is 10.0 Å². The van der Waals surface area contributed by atoms with Crippen LogP contribution in [0.25, 0.3) is 0 Å². The fourth-order valence-corrected chi connectivity index (χ4v) is 5.83. The van der Waals surface area contributed by atoms with Crippen LogP contribution >= 0.6 is 0 Å². The van der Waals surface area contributed by atoms with Crippen LogP contribution in [-0.4, -0.2) is 15.0 Å². The van der Waals surface area contributed by atoms with Gasteiger partial charge in [-0.15, -0.1) is 0 Å². The van der Waals surface area contributed by atoms with Gasteiger partial charge in [-0.3, -0.25) is 4.72 Å². The predicted octanol–water partition coefficient (Wildman–Crippen LogP) is 5.85. The first-order chi connectivity index (χ1) is 15.9. The van der Waals surface area contributed by atoms with Gasteiger partial charge in [-0.05, 0) is 85.0 Å². The van der Waals surface area contributed by atoms with Crippen LogP contribution in [0.5, 0.6) is 5.75 Å². The Balaban J connectivity index is 1.43. The molecule has 0 saturated carbocycles. The number of sulfonamides is 1. The van der Waals surface area contributed by atoms with Gasteiger partial charge in [-0.25, -0.2) is 12.8 Å². The van der Waals surface area contributed by atoms with Crippen molar-refractivity contribution in [2.75, 3.05) is 16.6 Å². The summed E-state index contributed by atoms with van der Waals surface area (Å²) in [6, 6.07) is 18.7. The number of ether oxygens (including phenoxy) is 1. The van der Waals surface area contributed by atoms with Gasteiger partial charge in [0.2, 0.25) is 0 Å². The van der Waals surface area contributed by atoms with Crippen molar-refractivity contribution in [1.29, 1.82) is 0 Å². The lowest BCUT2D eigenvalue weighted by atomic mass is 9.77. The molecule has 2 aliphatic rings. The summed E-state index contributed by atoms with van der Waals surface area (Å²) in [5, 5.41) is 3.56. The molecule has 3 aromatic carbocycles. The third kappa shape index (κ3) is 4.20. The van der Waals surface area contributed by atoms with Gasteiger partial charge in [0.25, 0.3) is 10.0 Å². The Morgan fingerprint density at radius 3 is 2.55 bits per heavy atom. The van der Waals surface area contributed by atoms with Crippen LogP contribution < -0.4 is 14.8 Å². The molecule has 5 nitrogen and oxygen atoms in total. The Morgan fingerprint density at radius 2 is 1.82 bits per heavy atom. The maximum atomic E-state index is 13.4. The molecule has 2 N–H and O–H groups in total. The molecule has 7 heteroatoms. The molecular weight excluding hydrogens is 439 g/mol. The predicted molar refractivity (Wildman–Crippen MR) is 128 cm³/mol. The fraction of sp³-hybridized carbons (Fsp3) is 0.231. The Hall–Kier alpha value is -3.32. The van der Waals surface area contributed by atoms with E-state index in [9.17, 15) is 12.8 Å². The summed E-state index contributed by atoms with van der Waals surface area (Å²) < 4.78 is 47.7. The van der Waals surface area contributed by atoms with Gasteiger partial charge in [-0.2, -0.15) is 0 Å². The second kappa shape index (κ2) is 8.56. The standard InChI is InChI=1S/C26H25FN2O3S/c1-2-32-20-12-10-19(11-13-20)29-33(30,31)21-14-15-25-24(16-21)22-4-3-5-23(22)26(28-25)17-6-8-18(27)9-7-17/h3-4,6-16,22-23,26,28-29H,2,5H2,1H3/t22-,23+,26+/m0/s1. The number of hydrogen-bond donors (Lipinski definition) is 2. The van der Waals surface area contributed by atoms with Crippen LogP contribution in [0.15, 0.2) is 83.8 Å². The van der Waals surface area contributed by atoms with Crippen molar-refractivity contribution in [3.8, 4) is 5.75 Å². The van der Waals surface area contributed by atoms with E-state index in [1.807, 2.05) is 25.1 Å². The summed E-state index contributed by atoms with van der Waals surface area (Å²) in [6.07, 6.45) is 5.17. The molecule has 0 unspecified atom stereocenters. The Bertz CT molecular complexity index is 1290. The van der Waals surface area contributed by atoms with Gasteiger partial charge in [0, 0.05) is 17.3 Å². The molecule has 0 radical (unpaired) electrons. The summed E-state index contributed by atoms with van der Waals surface area (Å²) in [4.78, 5) is 0.219. The van der Waals surface area contributed by atoms with Crippen molar-refractivity contribution in [2.45, 2.75) is 30.2 Å². The molecule has 3 aromatic rings. The van der Waals surface area contributed by atoms with E-state index >= 15 is 0 Å². The number of benzene rings is 3. The normalized spacial score (nSPS) is 21.1. The number of halogens is 1. The molecule has 3 atom stereocenters. The van der Waals surface area contributed by atoms with Gasteiger partial charge in [0.1, 0.15) is 11.6 Å². The Kier molecular flexibility index (Phi) is 5.58. The molecule has 33 heavy (non-hydrogen) atoms. The largest absolute Gasteiger partial charge is 0.494 e. The quantitative estimate of drug-likeness (QED) is 0.449. The number of rotatable bonds is 6. The summed E-state index contributed by atoms with van der Waals surface area (Å²) >= 11 is 0. The topological polar surface area (TPSA) is 67.4 Å². The number of nitrogens with one attached hydrogen (secondary N) is 2. The second-order valence-electron chi connectivity index (χ2n) is 8.34. The zero-order chi connectivity index (χ0) is 23.0. The first-order valence-electron chi connectivity index (χ1n) is 11.0. The second-order valence-corrected chi connectivity index (χ2v) is 10.0. The maximum Gasteiger partial charge on any atom is 0.261 e. The highest BCUT2D eigenvalue weighted by molar-refractivity contribution is 7.92.